The second-order valence-electron chi connectivity index (χ2n) is 5.81. The van der Waals surface area contributed by atoms with Gasteiger partial charge in [0.1, 0.15) is 18.2 Å². The van der Waals surface area contributed by atoms with Crippen LogP contribution >= 0.6 is 0 Å². The third-order valence-corrected chi connectivity index (χ3v) is 3.79. The molecule has 0 saturated carbocycles. The van der Waals surface area contributed by atoms with Crippen LogP contribution in [0.2, 0.25) is 0 Å². The lowest BCUT2D eigenvalue weighted by molar-refractivity contribution is -0.139. The van der Waals surface area contributed by atoms with Crippen molar-refractivity contribution in [1.29, 1.82) is 0 Å². The smallest absolute Gasteiger partial charge is 0.337 e. The van der Waals surface area contributed by atoms with Gasteiger partial charge in [-0.3, -0.25) is 4.79 Å². The minimum absolute atomic E-state index is 0.175. The van der Waals surface area contributed by atoms with Gasteiger partial charge in [0.15, 0.2) is 5.78 Å². The molecule has 0 aromatic heterocycles. The lowest BCUT2D eigenvalue weighted by Gasteiger charge is -2.07. The third-order valence-electron chi connectivity index (χ3n) is 3.79. The summed E-state index contributed by atoms with van der Waals surface area (Å²) in [4.78, 5) is 24.1. The zero-order valence-electron chi connectivity index (χ0n) is 14.4. The van der Waals surface area contributed by atoms with E-state index in [9.17, 15) is 14.0 Å². The number of esters is 1. The van der Waals surface area contributed by atoms with E-state index >= 15 is 0 Å². The van der Waals surface area contributed by atoms with Crippen molar-refractivity contribution in [2.75, 3.05) is 6.61 Å². The topological polar surface area (TPSA) is 52.6 Å². The summed E-state index contributed by atoms with van der Waals surface area (Å²) in [5, 5.41) is 0. The summed E-state index contributed by atoms with van der Waals surface area (Å²) >= 11 is 0. The van der Waals surface area contributed by atoms with Crippen LogP contribution < -0.4 is 4.74 Å². The molecule has 0 fully saturated rings. The lowest BCUT2D eigenvalue weighted by Crippen LogP contribution is -2.15. The maximum Gasteiger partial charge on any atom is 0.337 e. The molecule has 0 radical (unpaired) electrons. The highest BCUT2D eigenvalue weighted by molar-refractivity contribution is 6.09. The van der Waals surface area contributed by atoms with E-state index in [1.807, 2.05) is 30.3 Å². The molecule has 0 saturated heterocycles. The summed E-state index contributed by atoms with van der Waals surface area (Å²) in [6.45, 7) is 0.145. The van der Waals surface area contributed by atoms with E-state index in [-0.39, 0.29) is 12.4 Å². The van der Waals surface area contributed by atoms with Crippen molar-refractivity contribution >= 4 is 11.8 Å². The van der Waals surface area contributed by atoms with Gasteiger partial charge in [0.25, 0.3) is 0 Å². The molecule has 27 heavy (non-hydrogen) atoms. The first kappa shape index (κ1) is 18.5. The maximum atomic E-state index is 12.9. The number of halogens is 1. The summed E-state index contributed by atoms with van der Waals surface area (Å²) in [5.74, 6) is -0.843. The highest BCUT2D eigenvalue weighted by atomic mass is 19.1. The Bertz CT molecular complexity index is 903. The monoisotopic (exact) mass is 364 g/mol. The molecule has 0 unspecified atom stereocenters. The van der Waals surface area contributed by atoms with Gasteiger partial charge in [-0.15, -0.1) is 0 Å². The number of carbonyl (C=O) groups excluding carboxylic acids is 2. The van der Waals surface area contributed by atoms with E-state index in [1.165, 1.54) is 36.4 Å². The second kappa shape index (κ2) is 8.87. The van der Waals surface area contributed by atoms with Crippen LogP contribution in [0.15, 0.2) is 78.9 Å². The molecule has 0 amide bonds. The molecule has 3 rings (SSSR count). The summed E-state index contributed by atoms with van der Waals surface area (Å²) in [6, 6.07) is 21.0. The summed E-state index contributed by atoms with van der Waals surface area (Å²) < 4.78 is 23.4. The van der Waals surface area contributed by atoms with Crippen LogP contribution in [-0.4, -0.2) is 18.4 Å². The van der Waals surface area contributed by atoms with Gasteiger partial charge in [-0.1, -0.05) is 30.3 Å². The Morgan fingerprint density at radius 1 is 0.778 bits per heavy atom. The van der Waals surface area contributed by atoms with Gasteiger partial charge < -0.3 is 9.47 Å². The average molecular weight is 364 g/mol. The molecular weight excluding hydrogens is 347 g/mol. The van der Waals surface area contributed by atoms with E-state index in [2.05, 4.69) is 0 Å². The fourth-order valence-corrected chi connectivity index (χ4v) is 2.43. The first-order valence-electron chi connectivity index (χ1n) is 8.34. The number of ether oxygens (including phenoxy) is 2. The summed E-state index contributed by atoms with van der Waals surface area (Å²) in [6.07, 6.45) is 0. The van der Waals surface area contributed by atoms with Crippen molar-refractivity contribution in [3.05, 3.63) is 101 Å². The molecule has 5 heteroatoms. The minimum Gasteiger partial charge on any atom is -0.425 e. The van der Waals surface area contributed by atoms with Crippen LogP contribution in [0.1, 0.15) is 21.5 Å². The Labute approximate surface area is 156 Å². The van der Waals surface area contributed by atoms with Crippen molar-refractivity contribution < 1.29 is 23.5 Å². The van der Waals surface area contributed by atoms with E-state index in [0.717, 1.165) is 5.56 Å². The van der Waals surface area contributed by atoms with Crippen molar-refractivity contribution in [3.8, 4) is 5.75 Å². The van der Waals surface area contributed by atoms with Crippen LogP contribution in [-0.2, 0) is 16.1 Å². The second-order valence-corrected chi connectivity index (χ2v) is 5.81. The molecule has 0 bridgehead atoms. The number of rotatable bonds is 7. The standard InChI is InChI=1S/C22H17FO4/c23-19-10-6-17(7-11-19)22(25)18-8-12-20(13-9-18)27-21(24)15-26-14-16-4-2-1-3-5-16/h1-13H,14-15H2. The summed E-state index contributed by atoms with van der Waals surface area (Å²) in [5.41, 5.74) is 1.77. The van der Waals surface area contributed by atoms with Crippen molar-refractivity contribution in [3.63, 3.8) is 0 Å². The molecule has 0 spiro atoms. The zero-order chi connectivity index (χ0) is 19.1. The van der Waals surface area contributed by atoms with E-state index in [1.54, 1.807) is 12.1 Å². The van der Waals surface area contributed by atoms with Gasteiger partial charge in [-0.2, -0.15) is 0 Å². The molecule has 0 N–H and O–H groups in total. The predicted octanol–water partition coefficient (Wildman–Crippen LogP) is 4.18. The molecule has 0 aliphatic carbocycles. The molecular formula is C22H17FO4. The van der Waals surface area contributed by atoms with E-state index in [4.69, 9.17) is 9.47 Å². The predicted molar refractivity (Wildman–Crippen MR) is 98.0 cm³/mol. The number of hydrogen-bond acceptors (Lipinski definition) is 4. The van der Waals surface area contributed by atoms with Crippen LogP contribution in [0.3, 0.4) is 0 Å². The molecule has 4 nitrogen and oxygen atoms in total. The largest absolute Gasteiger partial charge is 0.425 e. The Morgan fingerprint density at radius 2 is 1.37 bits per heavy atom. The Balaban J connectivity index is 1.51. The third kappa shape index (κ3) is 5.33. The maximum absolute atomic E-state index is 12.9. The molecule has 0 heterocycles. The van der Waals surface area contributed by atoms with E-state index in [0.29, 0.717) is 23.5 Å². The molecule has 3 aromatic rings. The van der Waals surface area contributed by atoms with Gasteiger partial charge in [-0.05, 0) is 54.1 Å². The Kier molecular flexibility index (Phi) is 6.07. The summed E-state index contributed by atoms with van der Waals surface area (Å²) in [7, 11) is 0. The molecule has 3 aromatic carbocycles. The SMILES string of the molecule is O=C(COCc1ccccc1)Oc1ccc(C(=O)c2ccc(F)cc2)cc1. The first-order chi connectivity index (χ1) is 13.1. The number of carbonyl (C=O) groups is 2. The quantitative estimate of drug-likeness (QED) is 0.359. The first-order valence-corrected chi connectivity index (χ1v) is 8.34. The molecule has 0 atom stereocenters. The number of ketones is 1. The van der Waals surface area contributed by atoms with Gasteiger partial charge in [-0.25, -0.2) is 9.18 Å². The Hall–Kier alpha value is -3.31. The van der Waals surface area contributed by atoms with Crippen LogP contribution in [0.5, 0.6) is 5.75 Å². The average Bonchev–Trinajstić information content (AvgIpc) is 2.69. The molecule has 136 valence electrons. The number of benzene rings is 3. The fourth-order valence-electron chi connectivity index (χ4n) is 2.43. The van der Waals surface area contributed by atoms with Crippen molar-refractivity contribution in [1.82, 2.24) is 0 Å². The van der Waals surface area contributed by atoms with Crippen LogP contribution in [0.4, 0.5) is 4.39 Å². The van der Waals surface area contributed by atoms with Gasteiger partial charge in [0.2, 0.25) is 0 Å². The van der Waals surface area contributed by atoms with Crippen molar-refractivity contribution in [2.45, 2.75) is 6.61 Å². The molecule has 0 aliphatic heterocycles. The van der Waals surface area contributed by atoms with Crippen LogP contribution in [0.25, 0.3) is 0 Å². The highest BCUT2D eigenvalue weighted by Crippen LogP contribution is 2.16. The zero-order valence-corrected chi connectivity index (χ0v) is 14.4. The van der Waals surface area contributed by atoms with Gasteiger partial charge in [0.05, 0.1) is 6.61 Å². The highest BCUT2D eigenvalue weighted by Gasteiger charge is 2.10. The van der Waals surface area contributed by atoms with E-state index < -0.39 is 11.8 Å². The van der Waals surface area contributed by atoms with Crippen molar-refractivity contribution in [2.24, 2.45) is 0 Å². The fraction of sp³-hybridized carbons (Fsp3) is 0.0909. The van der Waals surface area contributed by atoms with Gasteiger partial charge >= 0.3 is 5.97 Å². The Morgan fingerprint density at radius 3 is 2.00 bits per heavy atom. The normalized spacial score (nSPS) is 10.4. The van der Waals surface area contributed by atoms with Crippen LogP contribution in [0, 0.1) is 5.82 Å². The lowest BCUT2D eigenvalue weighted by atomic mass is 10.0. The molecule has 0 aliphatic rings. The number of hydrogen-bond donors (Lipinski definition) is 0. The minimum atomic E-state index is -0.524. The van der Waals surface area contributed by atoms with Gasteiger partial charge in [0, 0.05) is 11.1 Å².